The van der Waals surface area contributed by atoms with Crippen molar-refractivity contribution in [3.05, 3.63) is 12.2 Å². The fourth-order valence-electron chi connectivity index (χ4n) is 0.597. The van der Waals surface area contributed by atoms with Crippen LogP contribution in [0.3, 0.4) is 0 Å². The van der Waals surface area contributed by atoms with Gasteiger partial charge in [0.05, 0.1) is 0 Å². The minimum atomic E-state index is 1.25. The Labute approximate surface area is 71.9 Å². The molecule has 0 aromatic rings. The molecule has 0 aromatic carbocycles. The van der Waals surface area contributed by atoms with E-state index in [4.69, 9.17) is 0 Å². The first kappa shape index (κ1) is 9.47. The van der Waals surface area contributed by atoms with E-state index in [9.17, 15) is 0 Å². The van der Waals surface area contributed by atoms with Crippen molar-refractivity contribution < 1.29 is 0 Å². The Hall–Kier alpha value is 0.470. The van der Waals surface area contributed by atoms with Gasteiger partial charge in [0, 0.05) is 0 Å². The molecule has 0 bridgehead atoms. The minimum Gasteiger partial charge on any atom is -0.0885 e. The second-order valence-corrected chi connectivity index (χ2v) is 3.17. The maximum absolute atomic E-state index is 2.41. The molecule has 0 saturated carbocycles. The number of allylic oxidation sites excluding steroid dienone is 2. The second kappa shape index (κ2) is 8.47. The Morgan fingerprint density at radius 3 is 2.44 bits per heavy atom. The second-order valence-electron chi connectivity index (χ2n) is 2.09. The summed E-state index contributed by atoms with van der Waals surface area (Å²) in [5.74, 6) is 0. The average molecular weight is 238 g/mol. The van der Waals surface area contributed by atoms with Gasteiger partial charge in [0.1, 0.15) is 0 Å². The molecule has 0 amide bonds. The van der Waals surface area contributed by atoms with Gasteiger partial charge in [-0.15, -0.1) is 0 Å². The Balaban J connectivity index is 2.86. The van der Waals surface area contributed by atoms with Crippen LogP contribution in [0.25, 0.3) is 0 Å². The van der Waals surface area contributed by atoms with Gasteiger partial charge >= 0.3 is 0 Å². The van der Waals surface area contributed by atoms with Crippen LogP contribution in [0.1, 0.15) is 32.6 Å². The van der Waals surface area contributed by atoms with Gasteiger partial charge < -0.3 is 0 Å². The van der Waals surface area contributed by atoms with Crippen molar-refractivity contribution in [2.45, 2.75) is 32.6 Å². The van der Waals surface area contributed by atoms with Crippen molar-refractivity contribution in [1.29, 1.82) is 0 Å². The van der Waals surface area contributed by atoms with E-state index in [-0.39, 0.29) is 0 Å². The van der Waals surface area contributed by atoms with Crippen LogP contribution in [0.2, 0.25) is 0 Å². The number of hydrogen-bond acceptors (Lipinski definition) is 0. The normalized spacial score (nSPS) is 10.9. The molecule has 0 N–H and O–H groups in total. The van der Waals surface area contributed by atoms with Crippen LogP contribution in [-0.4, -0.2) is 4.43 Å². The van der Waals surface area contributed by atoms with Crippen molar-refractivity contribution in [3.63, 3.8) is 0 Å². The number of alkyl halides is 1. The molecule has 0 nitrogen and oxygen atoms in total. The molecule has 0 fully saturated rings. The van der Waals surface area contributed by atoms with Crippen LogP contribution in [0.4, 0.5) is 0 Å². The van der Waals surface area contributed by atoms with Crippen molar-refractivity contribution >= 4 is 22.6 Å². The van der Waals surface area contributed by atoms with Gasteiger partial charge in [-0.2, -0.15) is 0 Å². The highest BCUT2D eigenvalue weighted by Crippen LogP contribution is 1.97. The van der Waals surface area contributed by atoms with E-state index < -0.39 is 0 Å². The van der Waals surface area contributed by atoms with Crippen LogP contribution in [0.15, 0.2) is 12.2 Å². The first-order valence-electron chi connectivity index (χ1n) is 3.62. The minimum absolute atomic E-state index is 1.25. The van der Waals surface area contributed by atoms with E-state index in [1.807, 2.05) is 0 Å². The molecule has 54 valence electrons. The summed E-state index contributed by atoms with van der Waals surface area (Å²) >= 11 is 2.41. The Morgan fingerprint density at radius 1 is 1.22 bits per heavy atom. The van der Waals surface area contributed by atoms with Gasteiger partial charge in [-0.3, -0.25) is 0 Å². The number of halogens is 1. The fourth-order valence-corrected chi connectivity index (χ4v) is 1.04. The molecule has 0 aliphatic carbocycles. The quantitative estimate of drug-likeness (QED) is 0.297. The van der Waals surface area contributed by atoms with Crippen molar-refractivity contribution in [2.75, 3.05) is 4.43 Å². The molecular weight excluding hydrogens is 223 g/mol. The van der Waals surface area contributed by atoms with E-state index in [1.54, 1.807) is 0 Å². The summed E-state index contributed by atoms with van der Waals surface area (Å²) in [6.07, 6.45) is 9.71. The smallest absolute Gasteiger partial charge is 0.000178 e. The maximum atomic E-state index is 2.41. The average Bonchev–Trinajstić information content (AvgIpc) is 1.89. The molecular formula is C8H15I. The molecule has 0 aromatic heterocycles. The van der Waals surface area contributed by atoms with E-state index >= 15 is 0 Å². The van der Waals surface area contributed by atoms with Gasteiger partial charge in [-0.25, -0.2) is 0 Å². The molecule has 0 aliphatic rings. The van der Waals surface area contributed by atoms with Gasteiger partial charge in [0.25, 0.3) is 0 Å². The van der Waals surface area contributed by atoms with Gasteiger partial charge in [-0.1, -0.05) is 48.1 Å². The Morgan fingerprint density at radius 2 is 1.89 bits per heavy atom. The number of unbranched alkanes of at least 4 members (excludes halogenated alkanes) is 2. The maximum Gasteiger partial charge on any atom is -0.000178 e. The van der Waals surface area contributed by atoms with Crippen LogP contribution in [0, 0.1) is 0 Å². The molecule has 9 heavy (non-hydrogen) atoms. The van der Waals surface area contributed by atoms with Gasteiger partial charge in [0.2, 0.25) is 0 Å². The predicted octanol–water partition coefficient (Wildman–Crippen LogP) is 3.56. The van der Waals surface area contributed by atoms with E-state index in [0.29, 0.717) is 0 Å². The summed E-state index contributed by atoms with van der Waals surface area (Å²) in [6, 6.07) is 0. The molecule has 0 rings (SSSR count). The van der Waals surface area contributed by atoms with Crippen LogP contribution < -0.4 is 0 Å². The lowest BCUT2D eigenvalue weighted by Crippen LogP contribution is -1.69. The number of hydrogen-bond donors (Lipinski definition) is 0. The molecule has 0 aliphatic heterocycles. The molecule has 0 spiro atoms. The SMILES string of the molecule is CCC/C=C/CCCI. The molecule has 0 atom stereocenters. The lowest BCUT2D eigenvalue weighted by molar-refractivity contribution is 0.931. The third-order valence-electron chi connectivity index (χ3n) is 1.13. The monoisotopic (exact) mass is 238 g/mol. The molecule has 1 heteroatoms. The van der Waals surface area contributed by atoms with Crippen molar-refractivity contribution in [2.24, 2.45) is 0 Å². The molecule has 0 heterocycles. The van der Waals surface area contributed by atoms with E-state index in [1.165, 1.54) is 30.1 Å². The van der Waals surface area contributed by atoms with E-state index in [0.717, 1.165) is 0 Å². The first-order valence-corrected chi connectivity index (χ1v) is 5.15. The van der Waals surface area contributed by atoms with E-state index in [2.05, 4.69) is 41.7 Å². The highest BCUT2D eigenvalue weighted by atomic mass is 127. The molecule has 0 radical (unpaired) electrons. The highest BCUT2D eigenvalue weighted by molar-refractivity contribution is 14.1. The largest absolute Gasteiger partial charge is 0.0885 e. The molecule has 0 unspecified atom stereocenters. The predicted molar refractivity (Wildman–Crippen MR) is 52.2 cm³/mol. The summed E-state index contributed by atoms with van der Waals surface area (Å²) in [4.78, 5) is 0. The summed E-state index contributed by atoms with van der Waals surface area (Å²) < 4.78 is 1.29. The van der Waals surface area contributed by atoms with Crippen LogP contribution >= 0.6 is 22.6 Å². The zero-order chi connectivity index (χ0) is 6.95. The highest BCUT2D eigenvalue weighted by Gasteiger charge is 1.77. The Bertz CT molecular complexity index is 67.0. The standard InChI is InChI=1S/C8H15I/c1-2-3-4-5-6-7-8-9/h4-5H,2-3,6-8H2,1H3/b5-4+. The third-order valence-corrected chi connectivity index (χ3v) is 1.89. The summed E-state index contributed by atoms with van der Waals surface area (Å²) in [7, 11) is 0. The van der Waals surface area contributed by atoms with Gasteiger partial charge in [-0.05, 0) is 23.7 Å². The summed E-state index contributed by atoms with van der Waals surface area (Å²) in [6.45, 7) is 2.21. The first-order chi connectivity index (χ1) is 4.41. The lowest BCUT2D eigenvalue weighted by atomic mass is 10.2. The van der Waals surface area contributed by atoms with Crippen LogP contribution in [0.5, 0.6) is 0 Å². The summed E-state index contributed by atoms with van der Waals surface area (Å²) in [5, 5.41) is 0. The zero-order valence-electron chi connectivity index (χ0n) is 6.07. The molecule has 0 saturated heterocycles. The third kappa shape index (κ3) is 8.47. The van der Waals surface area contributed by atoms with Crippen molar-refractivity contribution in [1.82, 2.24) is 0 Å². The van der Waals surface area contributed by atoms with Gasteiger partial charge in [0.15, 0.2) is 0 Å². The van der Waals surface area contributed by atoms with Crippen molar-refractivity contribution in [3.8, 4) is 0 Å². The lowest BCUT2D eigenvalue weighted by Gasteiger charge is -1.86. The fraction of sp³-hybridized carbons (Fsp3) is 0.750. The Kier molecular flexibility index (Phi) is 8.91. The topological polar surface area (TPSA) is 0 Å². The number of rotatable bonds is 5. The zero-order valence-corrected chi connectivity index (χ0v) is 8.23. The van der Waals surface area contributed by atoms with Crippen LogP contribution in [-0.2, 0) is 0 Å². The summed E-state index contributed by atoms with van der Waals surface area (Å²) in [5.41, 5.74) is 0.